The molecular weight excluding hydrogens is 182 g/mol. The topological polar surface area (TPSA) is 51.5 Å². The van der Waals surface area contributed by atoms with E-state index < -0.39 is 11.4 Å². The Morgan fingerprint density at radius 1 is 1.07 bits per heavy atom. The molecule has 4 nitrogen and oxygen atoms in total. The van der Waals surface area contributed by atoms with Crippen molar-refractivity contribution in [3.05, 3.63) is 0 Å². The SMILES string of the molecule is N#CC1(C23OCC(CO2)CO3)CCC1. The largest absolute Gasteiger partial charge is 0.326 e. The lowest BCUT2D eigenvalue weighted by Gasteiger charge is -2.55. The fourth-order valence-electron chi connectivity index (χ4n) is 2.38. The first-order chi connectivity index (χ1) is 6.80. The maximum Gasteiger partial charge on any atom is 0.302 e. The van der Waals surface area contributed by atoms with E-state index in [4.69, 9.17) is 14.2 Å². The van der Waals surface area contributed by atoms with Crippen LogP contribution in [0.1, 0.15) is 19.3 Å². The molecule has 0 atom stereocenters. The monoisotopic (exact) mass is 195 g/mol. The van der Waals surface area contributed by atoms with Gasteiger partial charge in [0.1, 0.15) is 5.41 Å². The van der Waals surface area contributed by atoms with Crippen molar-refractivity contribution in [3.63, 3.8) is 0 Å². The number of hydrogen-bond donors (Lipinski definition) is 0. The molecule has 0 radical (unpaired) electrons. The lowest BCUT2D eigenvalue weighted by molar-refractivity contribution is -0.488. The van der Waals surface area contributed by atoms with E-state index in [1.54, 1.807) is 0 Å². The first kappa shape index (κ1) is 8.66. The van der Waals surface area contributed by atoms with Crippen LogP contribution >= 0.6 is 0 Å². The Morgan fingerprint density at radius 3 is 2.00 bits per heavy atom. The van der Waals surface area contributed by atoms with Gasteiger partial charge in [-0.1, -0.05) is 0 Å². The fraction of sp³-hybridized carbons (Fsp3) is 0.900. The minimum atomic E-state index is -1.03. The van der Waals surface area contributed by atoms with Crippen molar-refractivity contribution in [2.45, 2.75) is 25.2 Å². The van der Waals surface area contributed by atoms with Gasteiger partial charge in [-0.3, -0.25) is 0 Å². The summed E-state index contributed by atoms with van der Waals surface area (Å²) < 4.78 is 16.8. The van der Waals surface area contributed by atoms with Crippen LogP contribution in [0, 0.1) is 22.7 Å². The Morgan fingerprint density at radius 2 is 1.64 bits per heavy atom. The normalized spacial score (nSPS) is 44.1. The lowest BCUT2D eigenvalue weighted by Crippen LogP contribution is -2.64. The van der Waals surface area contributed by atoms with Crippen LogP contribution in [0.3, 0.4) is 0 Å². The molecule has 14 heavy (non-hydrogen) atoms. The third kappa shape index (κ3) is 0.876. The average Bonchev–Trinajstić information content (AvgIpc) is 2.19. The van der Waals surface area contributed by atoms with Crippen LogP contribution in [0.5, 0.6) is 0 Å². The fourth-order valence-corrected chi connectivity index (χ4v) is 2.38. The molecule has 3 heterocycles. The third-order valence-corrected chi connectivity index (χ3v) is 3.53. The maximum absolute atomic E-state index is 9.21. The molecule has 3 aliphatic heterocycles. The second-order valence-corrected chi connectivity index (χ2v) is 4.40. The predicted octanol–water partition coefficient (Wildman–Crippen LogP) is 1.03. The lowest BCUT2D eigenvalue weighted by atomic mass is 9.67. The van der Waals surface area contributed by atoms with Crippen molar-refractivity contribution in [1.29, 1.82) is 5.26 Å². The summed E-state index contributed by atoms with van der Waals surface area (Å²) in [7, 11) is 0. The number of rotatable bonds is 1. The van der Waals surface area contributed by atoms with Crippen LogP contribution < -0.4 is 0 Å². The van der Waals surface area contributed by atoms with Crippen molar-refractivity contribution in [2.75, 3.05) is 19.8 Å². The van der Waals surface area contributed by atoms with Crippen LogP contribution in [0.4, 0.5) is 0 Å². The molecule has 0 aromatic rings. The molecule has 0 amide bonds. The van der Waals surface area contributed by atoms with Crippen molar-refractivity contribution in [3.8, 4) is 6.07 Å². The zero-order valence-corrected chi connectivity index (χ0v) is 7.99. The van der Waals surface area contributed by atoms with E-state index in [1.165, 1.54) is 0 Å². The molecular formula is C10H13NO3. The first-order valence-electron chi connectivity index (χ1n) is 5.13. The standard InChI is InChI=1S/C10H13NO3/c11-7-9(2-1-3-9)10-12-4-8(5-13-10)6-14-10/h8H,1-6H2. The predicted molar refractivity (Wildman–Crippen MR) is 46.0 cm³/mol. The average molecular weight is 195 g/mol. The molecule has 1 aliphatic carbocycles. The van der Waals surface area contributed by atoms with Gasteiger partial charge in [0.15, 0.2) is 0 Å². The molecule has 0 N–H and O–H groups in total. The second-order valence-electron chi connectivity index (χ2n) is 4.40. The number of ether oxygens (including phenoxy) is 3. The van der Waals surface area contributed by atoms with E-state index in [-0.39, 0.29) is 0 Å². The molecule has 1 saturated carbocycles. The Bertz CT molecular complexity index is 270. The van der Waals surface area contributed by atoms with E-state index in [1.807, 2.05) is 0 Å². The van der Waals surface area contributed by atoms with Crippen LogP contribution in [-0.4, -0.2) is 25.8 Å². The maximum atomic E-state index is 9.21. The van der Waals surface area contributed by atoms with Gasteiger partial charge in [0, 0.05) is 5.92 Å². The molecule has 2 bridgehead atoms. The van der Waals surface area contributed by atoms with Crippen LogP contribution in [0.2, 0.25) is 0 Å². The first-order valence-corrected chi connectivity index (χ1v) is 5.13. The second kappa shape index (κ2) is 2.69. The van der Waals surface area contributed by atoms with E-state index in [0.29, 0.717) is 25.7 Å². The molecule has 0 spiro atoms. The van der Waals surface area contributed by atoms with E-state index in [9.17, 15) is 5.26 Å². The number of nitriles is 1. The van der Waals surface area contributed by atoms with Crippen molar-refractivity contribution >= 4 is 0 Å². The Labute approximate surface area is 82.7 Å². The number of nitrogens with zero attached hydrogens (tertiary/aromatic N) is 1. The zero-order chi connectivity index (χ0) is 9.65. The minimum absolute atomic E-state index is 0.354. The summed E-state index contributed by atoms with van der Waals surface area (Å²) in [5.41, 5.74) is -0.543. The van der Waals surface area contributed by atoms with Crippen LogP contribution in [0.15, 0.2) is 0 Å². The van der Waals surface area contributed by atoms with Crippen LogP contribution in [0.25, 0.3) is 0 Å². The molecule has 76 valence electrons. The van der Waals surface area contributed by atoms with E-state index in [0.717, 1.165) is 19.3 Å². The quantitative estimate of drug-likeness (QED) is 0.627. The van der Waals surface area contributed by atoms with Gasteiger partial charge in [-0.15, -0.1) is 0 Å². The summed E-state index contributed by atoms with van der Waals surface area (Å²) in [6, 6.07) is 2.33. The van der Waals surface area contributed by atoms with Crippen molar-refractivity contribution in [1.82, 2.24) is 0 Å². The van der Waals surface area contributed by atoms with Gasteiger partial charge in [-0.2, -0.15) is 5.26 Å². The molecule has 4 aliphatic rings. The highest BCUT2D eigenvalue weighted by Gasteiger charge is 2.63. The van der Waals surface area contributed by atoms with Gasteiger partial charge >= 0.3 is 5.97 Å². The Kier molecular flexibility index (Phi) is 1.67. The molecule has 0 aromatic carbocycles. The summed E-state index contributed by atoms with van der Waals surface area (Å²) in [6.45, 7) is 2.01. The summed E-state index contributed by atoms with van der Waals surface area (Å²) >= 11 is 0. The van der Waals surface area contributed by atoms with E-state index in [2.05, 4.69) is 6.07 Å². The van der Waals surface area contributed by atoms with Gasteiger partial charge < -0.3 is 14.2 Å². The smallest absolute Gasteiger partial charge is 0.302 e. The van der Waals surface area contributed by atoms with Crippen LogP contribution in [-0.2, 0) is 14.2 Å². The van der Waals surface area contributed by atoms with Gasteiger partial charge in [0.05, 0.1) is 25.9 Å². The summed E-state index contributed by atoms with van der Waals surface area (Å²) in [4.78, 5) is 0. The van der Waals surface area contributed by atoms with Gasteiger partial charge in [0.25, 0.3) is 0 Å². The Hall–Kier alpha value is -0.630. The minimum Gasteiger partial charge on any atom is -0.326 e. The molecule has 0 aromatic heterocycles. The molecule has 4 rings (SSSR count). The molecule has 4 heteroatoms. The number of hydrogen-bond acceptors (Lipinski definition) is 4. The van der Waals surface area contributed by atoms with Gasteiger partial charge in [-0.05, 0) is 19.3 Å². The van der Waals surface area contributed by atoms with Crippen molar-refractivity contribution in [2.24, 2.45) is 11.3 Å². The molecule has 3 saturated heterocycles. The summed E-state index contributed by atoms with van der Waals surface area (Å²) in [5, 5.41) is 9.21. The highest BCUT2D eigenvalue weighted by Crippen LogP contribution is 2.54. The summed E-state index contributed by atoms with van der Waals surface area (Å²) in [6.07, 6.45) is 2.72. The van der Waals surface area contributed by atoms with Gasteiger partial charge in [-0.25, -0.2) is 0 Å². The zero-order valence-electron chi connectivity index (χ0n) is 7.99. The highest BCUT2D eigenvalue weighted by atomic mass is 16.9. The number of fused-ring (bicyclic) bond motifs is 3. The summed E-state index contributed by atoms with van der Waals surface area (Å²) in [5.74, 6) is -0.679. The van der Waals surface area contributed by atoms with Crippen molar-refractivity contribution < 1.29 is 14.2 Å². The molecule has 4 fully saturated rings. The van der Waals surface area contributed by atoms with E-state index >= 15 is 0 Å². The van der Waals surface area contributed by atoms with Gasteiger partial charge in [0.2, 0.25) is 0 Å². The Balaban J connectivity index is 1.91. The highest BCUT2D eigenvalue weighted by molar-refractivity contribution is 5.11. The third-order valence-electron chi connectivity index (χ3n) is 3.53. The molecule has 0 unspecified atom stereocenters.